The lowest BCUT2D eigenvalue weighted by Gasteiger charge is -2.00. The first kappa shape index (κ1) is 12.5. The summed E-state index contributed by atoms with van der Waals surface area (Å²) in [5.41, 5.74) is 1.41. The third-order valence-corrected chi connectivity index (χ3v) is 3.47. The molecular formula is C15H10N2O2S. The van der Waals surface area contributed by atoms with Crippen LogP contribution < -0.4 is 4.74 Å². The number of esters is 1. The fraction of sp³-hybridized carbons (Fsp3) is 0. The van der Waals surface area contributed by atoms with Crippen LogP contribution in [-0.4, -0.2) is 15.9 Å². The van der Waals surface area contributed by atoms with E-state index in [1.807, 2.05) is 18.2 Å². The molecule has 0 aliphatic heterocycles. The average Bonchev–Trinajstić information content (AvgIpc) is 2.97. The summed E-state index contributed by atoms with van der Waals surface area (Å²) in [7, 11) is 0. The Kier molecular flexibility index (Phi) is 3.52. The number of aromatic nitrogens is 2. The molecule has 5 heteroatoms. The fourth-order valence-corrected chi connectivity index (χ4v) is 2.37. The van der Waals surface area contributed by atoms with Crippen molar-refractivity contribution >= 4 is 17.3 Å². The minimum absolute atomic E-state index is 0.308. The number of rotatable bonds is 3. The highest BCUT2D eigenvalue weighted by Gasteiger charge is 2.11. The highest BCUT2D eigenvalue weighted by Crippen LogP contribution is 2.26. The number of hydrogen-bond donors (Lipinski definition) is 0. The predicted molar refractivity (Wildman–Crippen MR) is 76.7 cm³/mol. The van der Waals surface area contributed by atoms with Crippen LogP contribution in [0.15, 0.2) is 60.2 Å². The standard InChI is InChI=1S/C15H10N2O2S/c18-15(11-5-2-1-3-6-11)19-13-10-20-14(17-13)12-7-4-8-16-9-12/h1-10H. The Bertz CT molecular complexity index is 711. The van der Waals surface area contributed by atoms with E-state index >= 15 is 0 Å². The second-order valence-electron chi connectivity index (χ2n) is 3.99. The highest BCUT2D eigenvalue weighted by atomic mass is 32.1. The molecule has 0 unspecified atom stereocenters. The molecular weight excluding hydrogens is 272 g/mol. The van der Waals surface area contributed by atoms with Crippen molar-refractivity contribution in [3.05, 3.63) is 65.8 Å². The van der Waals surface area contributed by atoms with Gasteiger partial charge >= 0.3 is 5.97 Å². The van der Waals surface area contributed by atoms with Gasteiger partial charge in [0.2, 0.25) is 5.88 Å². The molecule has 0 bridgehead atoms. The normalized spacial score (nSPS) is 10.2. The summed E-state index contributed by atoms with van der Waals surface area (Å²) in [5, 5.41) is 2.48. The van der Waals surface area contributed by atoms with Gasteiger partial charge < -0.3 is 4.74 Å². The van der Waals surface area contributed by atoms with Gasteiger partial charge in [0.05, 0.1) is 10.9 Å². The molecule has 0 aliphatic carbocycles. The lowest BCUT2D eigenvalue weighted by molar-refractivity contribution is 0.0729. The second-order valence-corrected chi connectivity index (χ2v) is 4.85. The molecule has 0 spiro atoms. The first-order valence-electron chi connectivity index (χ1n) is 5.96. The number of carbonyl (C=O) groups excluding carboxylic acids is 1. The number of hydrogen-bond acceptors (Lipinski definition) is 5. The van der Waals surface area contributed by atoms with Crippen molar-refractivity contribution in [2.24, 2.45) is 0 Å². The van der Waals surface area contributed by atoms with Crippen molar-refractivity contribution < 1.29 is 9.53 Å². The summed E-state index contributed by atoms with van der Waals surface area (Å²) in [6.45, 7) is 0. The summed E-state index contributed by atoms with van der Waals surface area (Å²) in [5.74, 6) is -0.101. The highest BCUT2D eigenvalue weighted by molar-refractivity contribution is 7.13. The van der Waals surface area contributed by atoms with Crippen molar-refractivity contribution in [3.8, 4) is 16.5 Å². The van der Waals surface area contributed by atoms with Crippen LogP contribution in [0.25, 0.3) is 10.6 Å². The molecule has 20 heavy (non-hydrogen) atoms. The van der Waals surface area contributed by atoms with Gasteiger partial charge in [-0.2, -0.15) is 0 Å². The van der Waals surface area contributed by atoms with Crippen molar-refractivity contribution in [1.82, 2.24) is 9.97 Å². The molecule has 4 nitrogen and oxygen atoms in total. The van der Waals surface area contributed by atoms with Crippen molar-refractivity contribution in [2.75, 3.05) is 0 Å². The number of carbonyl (C=O) groups is 1. The maximum Gasteiger partial charge on any atom is 0.344 e. The lowest BCUT2D eigenvalue weighted by atomic mass is 10.2. The monoisotopic (exact) mass is 282 g/mol. The SMILES string of the molecule is O=C(Oc1csc(-c2cccnc2)n1)c1ccccc1. The van der Waals surface area contributed by atoms with E-state index in [0.717, 1.165) is 10.6 Å². The topological polar surface area (TPSA) is 52.1 Å². The fourth-order valence-electron chi connectivity index (χ4n) is 1.66. The van der Waals surface area contributed by atoms with Gasteiger partial charge in [-0.05, 0) is 24.3 Å². The van der Waals surface area contributed by atoms with Crippen molar-refractivity contribution in [1.29, 1.82) is 0 Å². The van der Waals surface area contributed by atoms with Crippen LogP contribution in [0.1, 0.15) is 10.4 Å². The first-order chi connectivity index (χ1) is 9.83. The number of benzene rings is 1. The summed E-state index contributed by atoms with van der Waals surface area (Å²) in [6.07, 6.45) is 3.43. The molecule has 98 valence electrons. The third kappa shape index (κ3) is 2.73. The van der Waals surface area contributed by atoms with Crippen LogP contribution in [0.3, 0.4) is 0 Å². The van der Waals surface area contributed by atoms with Crippen LogP contribution in [0.4, 0.5) is 0 Å². The molecule has 0 amide bonds. The Hall–Kier alpha value is -2.53. The minimum atomic E-state index is -0.409. The summed E-state index contributed by atoms with van der Waals surface area (Å²) in [4.78, 5) is 20.2. The first-order valence-corrected chi connectivity index (χ1v) is 6.84. The quantitative estimate of drug-likeness (QED) is 0.691. The molecule has 1 aromatic carbocycles. The van der Waals surface area contributed by atoms with Gasteiger partial charge in [0, 0.05) is 18.0 Å². The lowest BCUT2D eigenvalue weighted by Crippen LogP contribution is -2.08. The molecule has 2 aromatic heterocycles. The third-order valence-electron chi connectivity index (χ3n) is 2.60. The van der Waals surface area contributed by atoms with Crippen LogP contribution in [0.5, 0.6) is 5.88 Å². The molecule has 0 saturated carbocycles. The Morgan fingerprint density at radius 3 is 2.70 bits per heavy atom. The molecule has 2 heterocycles. The van der Waals surface area contributed by atoms with Crippen molar-refractivity contribution in [3.63, 3.8) is 0 Å². The minimum Gasteiger partial charge on any atom is -0.403 e. The molecule has 3 rings (SSSR count). The van der Waals surface area contributed by atoms with Gasteiger partial charge in [-0.25, -0.2) is 9.78 Å². The Morgan fingerprint density at radius 1 is 1.10 bits per heavy atom. The van der Waals surface area contributed by atoms with Crippen molar-refractivity contribution in [2.45, 2.75) is 0 Å². The summed E-state index contributed by atoms with van der Waals surface area (Å²) in [6, 6.07) is 12.6. The van der Waals surface area contributed by atoms with Gasteiger partial charge in [-0.1, -0.05) is 18.2 Å². The van der Waals surface area contributed by atoms with E-state index in [1.165, 1.54) is 11.3 Å². The van der Waals surface area contributed by atoms with Gasteiger partial charge in [0.25, 0.3) is 0 Å². The van der Waals surface area contributed by atoms with E-state index in [2.05, 4.69) is 9.97 Å². The van der Waals surface area contributed by atoms with Gasteiger partial charge in [-0.15, -0.1) is 11.3 Å². The number of ether oxygens (including phenoxy) is 1. The van der Waals surface area contributed by atoms with E-state index in [0.29, 0.717) is 11.4 Å². The molecule has 0 radical (unpaired) electrons. The predicted octanol–water partition coefficient (Wildman–Crippen LogP) is 3.42. The zero-order chi connectivity index (χ0) is 13.8. The molecule has 0 aliphatic rings. The molecule has 3 aromatic rings. The van der Waals surface area contributed by atoms with Gasteiger partial charge in [-0.3, -0.25) is 4.98 Å². The van der Waals surface area contributed by atoms with Crippen LogP contribution >= 0.6 is 11.3 Å². The Labute approximate surface area is 119 Å². The number of nitrogens with zero attached hydrogens (tertiary/aromatic N) is 2. The number of thiazole rings is 1. The molecule has 0 atom stereocenters. The van der Waals surface area contributed by atoms with Crippen LogP contribution in [-0.2, 0) is 0 Å². The smallest absolute Gasteiger partial charge is 0.344 e. The zero-order valence-corrected chi connectivity index (χ0v) is 11.2. The van der Waals surface area contributed by atoms with E-state index in [1.54, 1.807) is 42.0 Å². The van der Waals surface area contributed by atoms with Crippen LogP contribution in [0, 0.1) is 0 Å². The Morgan fingerprint density at radius 2 is 1.95 bits per heavy atom. The molecule has 0 fully saturated rings. The van der Waals surface area contributed by atoms with E-state index in [9.17, 15) is 4.79 Å². The molecule has 0 N–H and O–H groups in total. The van der Waals surface area contributed by atoms with E-state index < -0.39 is 5.97 Å². The second kappa shape index (κ2) is 5.63. The average molecular weight is 282 g/mol. The maximum absolute atomic E-state index is 11.9. The van der Waals surface area contributed by atoms with Gasteiger partial charge in [0.15, 0.2) is 0 Å². The zero-order valence-electron chi connectivity index (χ0n) is 10.4. The summed E-state index contributed by atoms with van der Waals surface area (Å²) < 4.78 is 5.24. The summed E-state index contributed by atoms with van der Waals surface area (Å²) >= 11 is 1.41. The molecule has 0 saturated heterocycles. The van der Waals surface area contributed by atoms with E-state index in [4.69, 9.17) is 4.74 Å². The van der Waals surface area contributed by atoms with E-state index in [-0.39, 0.29) is 0 Å². The maximum atomic E-state index is 11.9. The van der Waals surface area contributed by atoms with Crippen LogP contribution in [0.2, 0.25) is 0 Å². The largest absolute Gasteiger partial charge is 0.403 e. The number of pyridine rings is 1. The Balaban J connectivity index is 1.77. The van der Waals surface area contributed by atoms with Gasteiger partial charge in [0.1, 0.15) is 5.01 Å².